The van der Waals surface area contributed by atoms with Gasteiger partial charge in [0.1, 0.15) is 5.82 Å². The summed E-state index contributed by atoms with van der Waals surface area (Å²) in [5, 5.41) is 3.39. The lowest BCUT2D eigenvalue weighted by molar-refractivity contribution is 0.0372. The molecule has 1 fully saturated rings. The number of aromatic amines is 1. The summed E-state index contributed by atoms with van der Waals surface area (Å²) in [5.41, 5.74) is 0. The maximum Gasteiger partial charge on any atom is 0.120 e. The molecular formula is C12H22N4O. The van der Waals surface area contributed by atoms with Crippen molar-refractivity contribution >= 4 is 0 Å². The highest BCUT2D eigenvalue weighted by molar-refractivity contribution is 4.85. The fraction of sp³-hybridized carbons (Fsp3) is 0.750. The molecular weight excluding hydrogens is 216 g/mol. The molecule has 1 aliphatic heterocycles. The van der Waals surface area contributed by atoms with Crippen LogP contribution in [0.3, 0.4) is 0 Å². The van der Waals surface area contributed by atoms with Crippen molar-refractivity contribution in [2.75, 3.05) is 39.4 Å². The first kappa shape index (κ1) is 12.5. The van der Waals surface area contributed by atoms with E-state index in [-0.39, 0.29) is 0 Å². The first-order valence-electron chi connectivity index (χ1n) is 6.44. The Labute approximate surface area is 103 Å². The van der Waals surface area contributed by atoms with E-state index in [1.807, 2.05) is 6.20 Å². The van der Waals surface area contributed by atoms with Gasteiger partial charge in [0.05, 0.1) is 19.8 Å². The number of H-pyrrole nitrogens is 1. The van der Waals surface area contributed by atoms with Gasteiger partial charge >= 0.3 is 0 Å². The molecule has 17 heavy (non-hydrogen) atoms. The summed E-state index contributed by atoms with van der Waals surface area (Å²) in [4.78, 5) is 9.73. The molecule has 0 amide bonds. The molecule has 0 radical (unpaired) electrons. The fourth-order valence-corrected chi connectivity index (χ4v) is 2.01. The van der Waals surface area contributed by atoms with Gasteiger partial charge in [-0.2, -0.15) is 0 Å². The standard InChI is InChI=1S/C12H22N4O/c1(2-6-16-7-9-17-10-8-16)3-13-11-12-14-4-5-15-12/h4-5,13H,1-3,6-11H2,(H,14,15). The third kappa shape index (κ3) is 4.85. The molecule has 1 aromatic rings. The number of ether oxygens (including phenoxy) is 1. The molecule has 0 spiro atoms. The maximum atomic E-state index is 5.32. The van der Waals surface area contributed by atoms with Gasteiger partial charge in [-0.25, -0.2) is 4.98 Å². The van der Waals surface area contributed by atoms with Crippen LogP contribution in [0.25, 0.3) is 0 Å². The first-order valence-corrected chi connectivity index (χ1v) is 6.44. The Kier molecular flexibility index (Phi) is 5.48. The number of unbranched alkanes of at least 4 members (excludes halogenated alkanes) is 1. The van der Waals surface area contributed by atoms with E-state index in [9.17, 15) is 0 Å². The van der Waals surface area contributed by atoms with Crippen molar-refractivity contribution in [1.29, 1.82) is 0 Å². The van der Waals surface area contributed by atoms with Crippen molar-refractivity contribution in [2.24, 2.45) is 0 Å². The lowest BCUT2D eigenvalue weighted by Crippen LogP contribution is -2.37. The average molecular weight is 238 g/mol. The lowest BCUT2D eigenvalue weighted by Gasteiger charge is -2.26. The molecule has 2 heterocycles. The molecule has 0 saturated carbocycles. The number of hydrogen-bond donors (Lipinski definition) is 2. The number of aromatic nitrogens is 2. The van der Waals surface area contributed by atoms with E-state index in [0.29, 0.717) is 0 Å². The molecule has 2 rings (SSSR count). The van der Waals surface area contributed by atoms with Crippen molar-refractivity contribution in [3.8, 4) is 0 Å². The largest absolute Gasteiger partial charge is 0.379 e. The molecule has 1 saturated heterocycles. The Morgan fingerprint density at radius 3 is 3.00 bits per heavy atom. The van der Waals surface area contributed by atoms with Crippen LogP contribution < -0.4 is 5.32 Å². The molecule has 0 aromatic carbocycles. The molecule has 2 N–H and O–H groups in total. The van der Waals surface area contributed by atoms with Crippen molar-refractivity contribution in [2.45, 2.75) is 19.4 Å². The number of rotatable bonds is 7. The molecule has 0 unspecified atom stereocenters. The smallest absolute Gasteiger partial charge is 0.120 e. The van der Waals surface area contributed by atoms with Crippen LogP contribution >= 0.6 is 0 Å². The fourth-order valence-electron chi connectivity index (χ4n) is 2.01. The minimum Gasteiger partial charge on any atom is -0.379 e. The third-order valence-corrected chi connectivity index (χ3v) is 3.03. The number of imidazole rings is 1. The number of hydrogen-bond acceptors (Lipinski definition) is 4. The highest BCUT2D eigenvalue weighted by atomic mass is 16.5. The van der Waals surface area contributed by atoms with Crippen molar-refractivity contribution < 1.29 is 4.74 Å². The van der Waals surface area contributed by atoms with Crippen LogP contribution in [-0.2, 0) is 11.3 Å². The Bertz CT molecular complexity index is 283. The summed E-state index contributed by atoms with van der Waals surface area (Å²) in [6.07, 6.45) is 6.12. The molecule has 5 heteroatoms. The van der Waals surface area contributed by atoms with Gasteiger partial charge in [-0.05, 0) is 25.9 Å². The zero-order valence-corrected chi connectivity index (χ0v) is 10.3. The van der Waals surface area contributed by atoms with E-state index in [0.717, 1.165) is 45.2 Å². The van der Waals surface area contributed by atoms with Crippen LogP contribution in [0.4, 0.5) is 0 Å². The molecule has 96 valence electrons. The molecule has 0 bridgehead atoms. The van der Waals surface area contributed by atoms with Crippen LogP contribution in [0.5, 0.6) is 0 Å². The highest BCUT2D eigenvalue weighted by Crippen LogP contribution is 1.99. The Morgan fingerprint density at radius 1 is 1.35 bits per heavy atom. The summed E-state index contributed by atoms with van der Waals surface area (Å²) >= 11 is 0. The average Bonchev–Trinajstić information content (AvgIpc) is 2.88. The Hall–Kier alpha value is -0.910. The predicted octanol–water partition coefficient (Wildman–Crippen LogP) is 0.612. The monoisotopic (exact) mass is 238 g/mol. The van der Waals surface area contributed by atoms with Gasteiger partial charge in [-0.15, -0.1) is 0 Å². The minimum atomic E-state index is 0.838. The Morgan fingerprint density at radius 2 is 2.24 bits per heavy atom. The quantitative estimate of drug-likeness (QED) is 0.684. The van der Waals surface area contributed by atoms with Gasteiger partial charge in [-0.1, -0.05) is 0 Å². The third-order valence-electron chi connectivity index (χ3n) is 3.03. The summed E-state index contributed by atoms with van der Waals surface area (Å²) in [5.74, 6) is 1.01. The van der Waals surface area contributed by atoms with Crippen molar-refractivity contribution in [3.05, 3.63) is 18.2 Å². The maximum absolute atomic E-state index is 5.32. The summed E-state index contributed by atoms with van der Waals surface area (Å²) in [6, 6.07) is 0. The first-order chi connectivity index (χ1) is 8.45. The zero-order valence-electron chi connectivity index (χ0n) is 10.3. The van der Waals surface area contributed by atoms with Gasteiger partial charge in [0.2, 0.25) is 0 Å². The van der Waals surface area contributed by atoms with Gasteiger partial charge in [0, 0.05) is 25.5 Å². The minimum absolute atomic E-state index is 0.838. The second-order valence-corrected chi connectivity index (χ2v) is 4.37. The molecule has 1 aromatic heterocycles. The van der Waals surface area contributed by atoms with Crippen LogP contribution in [-0.4, -0.2) is 54.3 Å². The van der Waals surface area contributed by atoms with Gasteiger partial charge in [0.25, 0.3) is 0 Å². The second-order valence-electron chi connectivity index (χ2n) is 4.37. The van der Waals surface area contributed by atoms with E-state index in [1.165, 1.54) is 19.4 Å². The number of morpholine rings is 1. The van der Waals surface area contributed by atoms with E-state index in [4.69, 9.17) is 4.74 Å². The molecule has 0 aliphatic carbocycles. The van der Waals surface area contributed by atoms with Crippen LogP contribution in [0.1, 0.15) is 18.7 Å². The summed E-state index contributed by atoms with van der Waals surface area (Å²) < 4.78 is 5.32. The van der Waals surface area contributed by atoms with E-state index < -0.39 is 0 Å². The van der Waals surface area contributed by atoms with Crippen LogP contribution in [0, 0.1) is 0 Å². The summed E-state index contributed by atoms with van der Waals surface area (Å²) in [6.45, 7) is 7.09. The zero-order chi connectivity index (χ0) is 11.8. The number of nitrogens with zero attached hydrogens (tertiary/aromatic N) is 2. The van der Waals surface area contributed by atoms with E-state index in [1.54, 1.807) is 6.20 Å². The SMILES string of the molecule is c1c[nH]c(CNCCCCN2CCOCC2)n1. The van der Waals surface area contributed by atoms with E-state index >= 15 is 0 Å². The molecule has 1 aliphatic rings. The lowest BCUT2D eigenvalue weighted by atomic mass is 10.2. The van der Waals surface area contributed by atoms with E-state index in [2.05, 4.69) is 20.2 Å². The predicted molar refractivity (Wildman–Crippen MR) is 66.8 cm³/mol. The molecule has 5 nitrogen and oxygen atoms in total. The second kappa shape index (κ2) is 7.42. The van der Waals surface area contributed by atoms with Crippen molar-refractivity contribution in [3.63, 3.8) is 0 Å². The Balaban J connectivity index is 1.43. The van der Waals surface area contributed by atoms with Gasteiger partial charge in [0.15, 0.2) is 0 Å². The highest BCUT2D eigenvalue weighted by Gasteiger charge is 2.08. The topological polar surface area (TPSA) is 53.2 Å². The van der Waals surface area contributed by atoms with Gasteiger partial charge < -0.3 is 15.0 Å². The number of nitrogens with one attached hydrogen (secondary N) is 2. The van der Waals surface area contributed by atoms with Crippen LogP contribution in [0.2, 0.25) is 0 Å². The van der Waals surface area contributed by atoms with Crippen molar-refractivity contribution in [1.82, 2.24) is 20.2 Å². The van der Waals surface area contributed by atoms with Crippen LogP contribution in [0.15, 0.2) is 12.4 Å². The van der Waals surface area contributed by atoms with Gasteiger partial charge in [-0.3, -0.25) is 4.90 Å². The summed E-state index contributed by atoms with van der Waals surface area (Å²) in [7, 11) is 0. The normalized spacial score (nSPS) is 17.4. The molecule has 0 atom stereocenters.